The number of hydrogen-bond acceptors (Lipinski definition) is 3. The molecule has 146 valence electrons. The van der Waals surface area contributed by atoms with Gasteiger partial charge in [-0.05, 0) is 50.9 Å². The summed E-state index contributed by atoms with van der Waals surface area (Å²) in [5.41, 5.74) is 5.05. The Balaban J connectivity index is 1.45. The second kappa shape index (κ2) is 8.70. The maximum absolute atomic E-state index is 5.04. The van der Waals surface area contributed by atoms with E-state index in [1.165, 1.54) is 41.2 Å². The van der Waals surface area contributed by atoms with E-state index >= 15 is 0 Å². The second-order valence-electron chi connectivity index (χ2n) is 7.92. The lowest BCUT2D eigenvalue weighted by Gasteiger charge is -2.32. The van der Waals surface area contributed by atoms with E-state index in [1.54, 1.807) is 0 Å². The van der Waals surface area contributed by atoms with E-state index in [2.05, 4.69) is 77.0 Å². The minimum atomic E-state index is 0.510. The van der Waals surface area contributed by atoms with Gasteiger partial charge in [0.05, 0.1) is 6.54 Å². The lowest BCUT2D eigenvalue weighted by molar-refractivity contribution is 0.192. The van der Waals surface area contributed by atoms with Crippen LogP contribution in [0.2, 0.25) is 0 Å². The van der Waals surface area contributed by atoms with Crippen LogP contribution in [0.1, 0.15) is 54.0 Å². The molecule has 1 fully saturated rings. The smallest absolute Gasteiger partial charge is 0.122 e. The normalized spacial score (nSPS) is 17.7. The molecule has 0 aliphatic carbocycles. The number of aromatic nitrogens is 3. The third-order valence-corrected chi connectivity index (χ3v) is 5.73. The maximum atomic E-state index is 5.04. The fourth-order valence-corrected chi connectivity index (χ4v) is 4.28. The summed E-state index contributed by atoms with van der Waals surface area (Å²) >= 11 is 0. The Morgan fingerprint density at radius 3 is 2.89 bits per heavy atom. The Morgan fingerprint density at radius 2 is 2.04 bits per heavy atom. The Hall–Kier alpha value is -2.46. The SMILES string of the molecule is CCn1ccnc1CN1CCCC(c2cccc(Cc3cccc(C)c3)n2)C1. The van der Waals surface area contributed by atoms with Gasteiger partial charge in [-0.1, -0.05) is 35.9 Å². The fourth-order valence-electron chi connectivity index (χ4n) is 4.28. The number of imidazole rings is 1. The molecule has 1 unspecified atom stereocenters. The van der Waals surface area contributed by atoms with Crippen molar-refractivity contribution in [2.24, 2.45) is 0 Å². The van der Waals surface area contributed by atoms with E-state index in [4.69, 9.17) is 4.98 Å². The van der Waals surface area contributed by atoms with Crippen molar-refractivity contribution in [1.82, 2.24) is 19.4 Å². The fraction of sp³-hybridized carbons (Fsp3) is 0.417. The molecule has 4 nitrogen and oxygen atoms in total. The summed E-state index contributed by atoms with van der Waals surface area (Å²) in [5.74, 6) is 1.68. The number of hydrogen-bond donors (Lipinski definition) is 0. The summed E-state index contributed by atoms with van der Waals surface area (Å²) in [6.07, 6.45) is 7.34. The highest BCUT2D eigenvalue weighted by molar-refractivity contribution is 5.27. The molecular weight excluding hydrogens is 344 g/mol. The lowest BCUT2D eigenvalue weighted by atomic mass is 9.94. The molecule has 3 heterocycles. The van der Waals surface area contributed by atoms with Gasteiger partial charge in [-0.2, -0.15) is 0 Å². The molecule has 3 aromatic rings. The Bertz CT molecular complexity index is 914. The molecule has 1 aliphatic rings. The summed E-state index contributed by atoms with van der Waals surface area (Å²) in [6, 6.07) is 15.3. The van der Waals surface area contributed by atoms with Gasteiger partial charge in [0.1, 0.15) is 5.82 Å². The average Bonchev–Trinajstić information content (AvgIpc) is 3.15. The molecule has 0 saturated carbocycles. The van der Waals surface area contributed by atoms with Gasteiger partial charge >= 0.3 is 0 Å². The molecule has 0 radical (unpaired) electrons. The van der Waals surface area contributed by atoms with Gasteiger partial charge < -0.3 is 4.57 Å². The summed E-state index contributed by atoms with van der Waals surface area (Å²) in [6.45, 7) is 8.45. The van der Waals surface area contributed by atoms with Crippen LogP contribution in [0, 0.1) is 6.92 Å². The van der Waals surface area contributed by atoms with Crippen LogP contribution in [0.25, 0.3) is 0 Å². The van der Waals surface area contributed by atoms with Gasteiger partial charge in [-0.15, -0.1) is 0 Å². The summed E-state index contributed by atoms with van der Waals surface area (Å²) in [5, 5.41) is 0. The molecule has 2 aromatic heterocycles. The zero-order valence-corrected chi connectivity index (χ0v) is 17.0. The molecule has 1 saturated heterocycles. The highest BCUT2D eigenvalue weighted by atomic mass is 15.2. The third kappa shape index (κ3) is 4.50. The summed E-state index contributed by atoms with van der Waals surface area (Å²) < 4.78 is 2.24. The van der Waals surface area contributed by atoms with Crippen LogP contribution < -0.4 is 0 Å². The van der Waals surface area contributed by atoms with Crippen LogP contribution in [0.5, 0.6) is 0 Å². The lowest BCUT2D eigenvalue weighted by Crippen LogP contribution is -2.35. The van der Waals surface area contributed by atoms with Crippen molar-refractivity contribution in [1.29, 1.82) is 0 Å². The first-order valence-electron chi connectivity index (χ1n) is 10.4. The molecule has 1 aliphatic heterocycles. The third-order valence-electron chi connectivity index (χ3n) is 5.73. The standard InChI is InChI=1S/C24H30N4/c1-3-28-14-12-25-24(28)18-27-13-6-9-21(17-27)23-11-5-10-22(26-23)16-20-8-4-7-19(2)15-20/h4-5,7-8,10-12,14-15,21H,3,6,9,13,16-18H2,1-2H3. The number of pyridine rings is 1. The van der Waals surface area contributed by atoms with Crippen molar-refractivity contribution in [3.05, 3.63) is 83.2 Å². The highest BCUT2D eigenvalue weighted by Crippen LogP contribution is 2.27. The van der Waals surface area contributed by atoms with Crippen LogP contribution in [0.4, 0.5) is 0 Å². The van der Waals surface area contributed by atoms with E-state index < -0.39 is 0 Å². The van der Waals surface area contributed by atoms with Crippen LogP contribution in [0.3, 0.4) is 0 Å². The van der Waals surface area contributed by atoms with Crippen molar-refractivity contribution in [3.63, 3.8) is 0 Å². The molecule has 4 rings (SSSR count). The first kappa shape index (κ1) is 18.9. The zero-order chi connectivity index (χ0) is 19.3. The molecule has 28 heavy (non-hydrogen) atoms. The first-order valence-corrected chi connectivity index (χ1v) is 10.4. The van der Waals surface area contributed by atoms with Gasteiger partial charge in [0.15, 0.2) is 0 Å². The monoisotopic (exact) mass is 374 g/mol. The Kier molecular flexibility index (Phi) is 5.87. The molecule has 0 amide bonds. The molecule has 0 spiro atoms. The maximum Gasteiger partial charge on any atom is 0.122 e. The predicted molar refractivity (Wildman–Crippen MR) is 113 cm³/mol. The van der Waals surface area contributed by atoms with Gasteiger partial charge in [0, 0.05) is 49.2 Å². The van der Waals surface area contributed by atoms with Crippen molar-refractivity contribution in [3.8, 4) is 0 Å². The van der Waals surface area contributed by atoms with Crippen molar-refractivity contribution >= 4 is 0 Å². The summed E-state index contributed by atoms with van der Waals surface area (Å²) in [4.78, 5) is 12.1. The average molecular weight is 375 g/mol. The molecule has 1 aromatic carbocycles. The number of likely N-dealkylation sites (tertiary alicyclic amines) is 1. The van der Waals surface area contributed by atoms with Gasteiger partial charge in [0.25, 0.3) is 0 Å². The highest BCUT2D eigenvalue weighted by Gasteiger charge is 2.23. The van der Waals surface area contributed by atoms with E-state index in [1.807, 2.05) is 6.20 Å². The van der Waals surface area contributed by atoms with E-state index in [-0.39, 0.29) is 0 Å². The van der Waals surface area contributed by atoms with E-state index in [0.717, 1.165) is 32.6 Å². The van der Waals surface area contributed by atoms with Gasteiger partial charge in [0.2, 0.25) is 0 Å². The number of benzene rings is 1. The molecule has 1 atom stereocenters. The predicted octanol–water partition coefficient (Wildman–Crippen LogP) is 4.58. The molecule has 0 N–H and O–H groups in total. The van der Waals surface area contributed by atoms with Crippen LogP contribution in [-0.2, 0) is 19.5 Å². The minimum absolute atomic E-state index is 0.510. The second-order valence-corrected chi connectivity index (χ2v) is 7.92. The number of aryl methyl sites for hydroxylation is 2. The summed E-state index contributed by atoms with van der Waals surface area (Å²) in [7, 11) is 0. The minimum Gasteiger partial charge on any atom is -0.334 e. The Labute approximate surface area is 168 Å². The van der Waals surface area contributed by atoms with Crippen LogP contribution >= 0.6 is 0 Å². The molecule has 0 bridgehead atoms. The van der Waals surface area contributed by atoms with Crippen LogP contribution in [0.15, 0.2) is 54.9 Å². The first-order chi connectivity index (χ1) is 13.7. The number of nitrogens with zero attached hydrogens (tertiary/aromatic N) is 4. The van der Waals surface area contributed by atoms with Crippen LogP contribution in [-0.4, -0.2) is 32.5 Å². The molecular formula is C24H30N4. The molecule has 4 heteroatoms. The van der Waals surface area contributed by atoms with Gasteiger partial charge in [-0.3, -0.25) is 9.88 Å². The number of piperidine rings is 1. The zero-order valence-electron chi connectivity index (χ0n) is 17.0. The van der Waals surface area contributed by atoms with Crippen molar-refractivity contribution in [2.75, 3.05) is 13.1 Å². The van der Waals surface area contributed by atoms with E-state index in [0.29, 0.717) is 5.92 Å². The quantitative estimate of drug-likeness (QED) is 0.633. The Morgan fingerprint density at radius 1 is 1.14 bits per heavy atom. The largest absolute Gasteiger partial charge is 0.334 e. The van der Waals surface area contributed by atoms with Crippen molar-refractivity contribution in [2.45, 2.75) is 52.1 Å². The van der Waals surface area contributed by atoms with E-state index in [9.17, 15) is 0 Å². The topological polar surface area (TPSA) is 34.0 Å². The van der Waals surface area contributed by atoms with Gasteiger partial charge in [-0.25, -0.2) is 4.98 Å². The van der Waals surface area contributed by atoms with Crippen molar-refractivity contribution < 1.29 is 0 Å². The number of rotatable bonds is 6.